The van der Waals surface area contributed by atoms with Crippen LogP contribution < -0.4 is 5.73 Å². The molecule has 1 heterocycles. The summed E-state index contributed by atoms with van der Waals surface area (Å²) in [6.07, 6.45) is 5.26. The Balaban J connectivity index is 1.80. The van der Waals surface area contributed by atoms with E-state index in [1.807, 2.05) is 0 Å². The first-order valence-corrected chi connectivity index (χ1v) is 6.29. The zero-order valence-corrected chi connectivity index (χ0v) is 9.82. The van der Waals surface area contributed by atoms with Gasteiger partial charge in [-0.05, 0) is 44.7 Å². The highest BCUT2D eigenvalue weighted by Crippen LogP contribution is 2.29. The predicted molar refractivity (Wildman–Crippen MR) is 61.7 cm³/mol. The number of nitrogens with zero attached hydrogens (tertiary/aromatic N) is 1. The van der Waals surface area contributed by atoms with Gasteiger partial charge in [0.1, 0.15) is 0 Å². The van der Waals surface area contributed by atoms with Crippen molar-refractivity contribution in [3.05, 3.63) is 0 Å². The lowest BCUT2D eigenvalue weighted by Gasteiger charge is -2.30. The Bertz CT molecular complexity index is 192. The lowest BCUT2D eigenvalue weighted by atomic mass is 10.0. The summed E-state index contributed by atoms with van der Waals surface area (Å²) in [5, 5.41) is 0. The molecule has 88 valence electrons. The molecular formula is C12H24N2O. The third kappa shape index (κ3) is 2.71. The topological polar surface area (TPSA) is 38.5 Å². The van der Waals surface area contributed by atoms with Crippen LogP contribution in [0.1, 0.15) is 25.7 Å². The Kier molecular flexibility index (Phi) is 4.00. The number of ether oxygens (including phenoxy) is 1. The van der Waals surface area contributed by atoms with Gasteiger partial charge < -0.3 is 15.4 Å². The third-order valence-corrected chi connectivity index (χ3v) is 4.06. The van der Waals surface area contributed by atoms with E-state index >= 15 is 0 Å². The monoisotopic (exact) mass is 212 g/mol. The predicted octanol–water partition coefficient (Wildman–Crippen LogP) is 1.08. The molecule has 1 saturated carbocycles. The highest BCUT2D eigenvalue weighted by atomic mass is 16.5. The molecule has 3 heteroatoms. The van der Waals surface area contributed by atoms with Gasteiger partial charge in [-0.3, -0.25) is 0 Å². The van der Waals surface area contributed by atoms with Crippen LogP contribution in [0.2, 0.25) is 0 Å². The van der Waals surface area contributed by atoms with E-state index < -0.39 is 0 Å². The summed E-state index contributed by atoms with van der Waals surface area (Å²) in [6, 6.07) is 0.732. The van der Waals surface area contributed by atoms with Crippen LogP contribution in [0.25, 0.3) is 0 Å². The molecule has 0 radical (unpaired) electrons. The summed E-state index contributed by atoms with van der Waals surface area (Å²) in [5.74, 6) is 1.49. The number of nitrogens with two attached hydrogens (primary N) is 1. The van der Waals surface area contributed by atoms with Crippen LogP contribution in [0.5, 0.6) is 0 Å². The van der Waals surface area contributed by atoms with Crippen LogP contribution in [0, 0.1) is 11.8 Å². The molecule has 1 aliphatic carbocycles. The fraction of sp³-hybridized carbons (Fsp3) is 1.00. The summed E-state index contributed by atoms with van der Waals surface area (Å²) < 4.78 is 5.42. The van der Waals surface area contributed by atoms with Crippen molar-refractivity contribution in [1.29, 1.82) is 0 Å². The number of rotatable bonds is 4. The van der Waals surface area contributed by atoms with Gasteiger partial charge >= 0.3 is 0 Å². The summed E-state index contributed by atoms with van der Waals surface area (Å²) in [6.45, 7) is 3.98. The van der Waals surface area contributed by atoms with Crippen molar-refractivity contribution in [1.82, 2.24) is 4.90 Å². The van der Waals surface area contributed by atoms with Crippen molar-refractivity contribution < 1.29 is 4.74 Å². The lowest BCUT2D eigenvalue weighted by molar-refractivity contribution is 0.147. The van der Waals surface area contributed by atoms with Gasteiger partial charge in [0.2, 0.25) is 0 Å². The van der Waals surface area contributed by atoms with E-state index in [0.29, 0.717) is 0 Å². The van der Waals surface area contributed by atoms with Gasteiger partial charge in [0, 0.05) is 19.2 Å². The van der Waals surface area contributed by atoms with Crippen molar-refractivity contribution in [2.45, 2.75) is 31.7 Å². The minimum Gasteiger partial charge on any atom is -0.381 e. The first kappa shape index (κ1) is 11.4. The second-order valence-corrected chi connectivity index (χ2v) is 5.16. The van der Waals surface area contributed by atoms with E-state index in [0.717, 1.165) is 37.6 Å². The van der Waals surface area contributed by atoms with Gasteiger partial charge in [-0.2, -0.15) is 0 Å². The molecule has 3 nitrogen and oxygen atoms in total. The molecule has 1 saturated heterocycles. The highest BCUT2D eigenvalue weighted by molar-refractivity contribution is 4.85. The Morgan fingerprint density at radius 1 is 1.33 bits per heavy atom. The van der Waals surface area contributed by atoms with Crippen molar-refractivity contribution in [2.75, 3.05) is 33.4 Å². The molecule has 15 heavy (non-hydrogen) atoms. The maximum absolute atomic E-state index is 5.82. The molecule has 1 aliphatic heterocycles. The van der Waals surface area contributed by atoms with Crippen LogP contribution in [0.15, 0.2) is 0 Å². The van der Waals surface area contributed by atoms with Gasteiger partial charge in [0.05, 0.1) is 6.61 Å². The first-order valence-electron chi connectivity index (χ1n) is 6.29. The zero-order valence-electron chi connectivity index (χ0n) is 9.82. The Morgan fingerprint density at radius 2 is 2.20 bits per heavy atom. The molecule has 0 amide bonds. The minimum atomic E-state index is 0.732. The van der Waals surface area contributed by atoms with Crippen LogP contribution in [0.4, 0.5) is 0 Å². The van der Waals surface area contributed by atoms with E-state index in [2.05, 4.69) is 11.9 Å². The molecule has 0 aromatic carbocycles. The second kappa shape index (κ2) is 5.28. The molecule has 2 fully saturated rings. The van der Waals surface area contributed by atoms with E-state index in [1.165, 1.54) is 32.2 Å². The normalized spacial score (nSPS) is 36.6. The second-order valence-electron chi connectivity index (χ2n) is 5.16. The fourth-order valence-electron chi connectivity index (χ4n) is 3.14. The minimum absolute atomic E-state index is 0.732. The van der Waals surface area contributed by atoms with Crippen LogP contribution >= 0.6 is 0 Å². The van der Waals surface area contributed by atoms with Crippen LogP contribution in [-0.4, -0.2) is 44.3 Å². The summed E-state index contributed by atoms with van der Waals surface area (Å²) in [7, 11) is 2.26. The molecule has 2 rings (SSSR count). The molecular weight excluding hydrogens is 188 g/mol. The molecule has 3 atom stereocenters. The fourth-order valence-corrected chi connectivity index (χ4v) is 3.14. The SMILES string of the molecule is CN(CC1CCOC1)C1CCCC1CN. The first-order chi connectivity index (χ1) is 7.31. The highest BCUT2D eigenvalue weighted by Gasteiger charge is 2.30. The number of hydrogen-bond acceptors (Lipinski definition) is 3. The summed E-state index contributed by atoms with van der Waals surface area (Å²) in [4.78, 5) is 2.53. The quantitative estimate of drug-likeness (QED) is 0.758. The van der Waals surface area contributed by atoms with Gasteiger partial charge in [-0.15, -0.1) is 0 Å². The molecule has 3 unspecified atom stereocenters. The van der Waals surface area contributed by atoms with Gasteiger partial charge in [-0.1, -0.05) is 6.42 Å². The van der Waals surface area contributed by atoms with E-state index in [9.17, 15) is 0 Å². The third-order valence-electron chi connectivity index (χ3n) is 4.06. The molecule has 0 spiro atoms. The number of hydrogen-bond donors (Lipinski definition) is 1. The molecule has 2 N–H and O–H groups in total. The van der Waals surface area contributed by atoms with Crippen molar-refractivity contribution in [3.8, 4) is 0 Å². The average Bonchev–Trinajstić information content (AvgIpc) is 2.86. The smallest absolute Gasteiger partial charge is 0.0507 e. The maximum Gasteiger partial charge on any atom is 0.0507 e. The van der Waals surface area contributed by atoms with Gasteiger partial charge in [-0.25, -0.2) is 0 Å². The van der Waals surface area contributed by atoms with Crippen molar-refractivity contribution in [3.63, 3.8) is 0 Å². The van der Waals surface area contributed by atoms with E-state index in [-0.39, 0.29) is 0 Å². The molecule has 0 aromatic heterocycles. The Hall–Kier alpha value is -0.120. The Morgan fingerprint density at radius 3 is 2.87 bits per heavy atom. The molecule has 0 bridgehead atoms. The average molecular weight is 212 g/mol. The molecule has 2 aliphatic rings. The van der Waals surface area contributed by atoms with Crippen molar-refractivity contribution in [2.24, 2.45) is 17.6 Å². The summed E-state index contributed by atoms with van der Waals surface area (Å²) >= 11 is 0. The van der Waals surface area contributed by atoms with Gasteiger partial charge in [0.25, 0.3) is 0 Å². The molecule has 0 aromatic rings. The van der Waals surface area contributed by atoms with Crippen molar-refractivity contribution >= 4 is 0 Å². The van der Waals surface area contributed by atoms with Gasteiger partial charge in [0.15, 0.2) is 0 Å². The van der Waals surface area contributed by atoms with E-state index in [4.69, 9.17) is 10.5 Å². The summed E-state index contributed by atoms with van der Waals surface area (Å²) in [5.41, 5.74) is 5.82. The standard InChI is InChI=1S/C12H24N2O/c1-14(8-10-5-6-15-9-10)12-4-2-3-11(12)7-13/h10-12H,2-9,13H2,1H3. The largest absolute Gasteiger partial charge is 0.381 e. The lowest BCUT2D eigenvalue weighted by Crippen LogP contribution is -2.40. The maximum atomic E-state index is 5.82. The van der Waals surface area contributed by atoms with Crippen LogP contribution in [-0.2, 0) is 4.74 Å². The zero-order chi connectivity index (χ0) is 10.7. The van der Waals surface area contributed by atoms with Crippen LogP contribution in [0.3, 0.4) is 0 Å². The Labute approximate surface area is 93.0 Å². The van der Waals surface area contributed by atoms with E-state index in [1.54, 1.807) is 0 Å².